The van der Waals surface area contributed by atoms with Gasteiger partial charge in [0.15, 0.2) is 0 Å². The fourth-order valence-corrected chi connectivity index (χ4v) is 4.03. The van der Waals surface area contributed by atoms with Gasteiger partial charge in [-0.25, -0.2) is 9.78 Å². The Labute approximate surface area is 157 Å². The first-order valence-corrected chi connectivity index (χ1v) is 9.57. The van der Waals surface area contributed by atoms with Crippen LogP contribution in [0.2, 0.25) is 5.02 Å². The Kier molecular flexibility index (Phi) is 5.61. The molecular formula is C18H22ClN3O2S. The van der Waals surface area contributed by atoms with Gasteiger partial charge in [0.1, 0.15) is 11.1 Å². The second kappa shape index (κ2) is 7.72. The number of hydrogen-bond donors (Lipinski definition) is 1. The number of nitrogens with zero attached hydrogens (tertiary/aromatic N) is 2. The van der Waals surface area contributed by atoms with Gasteiger partial charge in [0.2, 0.25) is 0 Å². The average Bonchev–Trinajstić information content (AvgIpc) is 3.01. The lowest BCUT2D eigenvalue weighted by atomic mass is 10.0. The van der Waals surface area contributed by atoms with Crippen LogP contribution in [-0.4, -0.2) is 35.1 Å². The zero-order valence-electron chi connectivity index (χ0n) is 14.5. The second-order valence-electron chi connectivity index (χ2n) is 6.28. The molecule has 5 nitrogen and oxygen atoms in total. The van der Waals surface area contributed by atoms with Crippen molar-refractivity contribution in [3.8, 4) is 0 Å². The standard InChI is InChI=1S/C18H22ClN3O2S/c1-11-10-25-17(20-11)12(2)21-18(23)22-7-8-24-16(13(22)3)14-5-4-6-15(19)9-14/h4-6,9-10,12-13,16H,7-8H2,1-3H3,(H,21,23)/t12?,13-,16+/m1/s1. The van der Waals surface area contributed by atoms with E-state index in [-0.39, 0.29) is 24.2 Å². The van der Waals surface area contributed by atoms with Gasteiger partial charge in [-0.15, -0.1) is 11.3 Å². The maximum atomic E-state index is 12.8. The Balaban J connectivity index is 1.69. The SMILES string of the molecule is Cc1csc(C(C)NC(=O)N2CCO[C@H](c3cccc(Cl)c3)[C@H]2C)n1. The third-order valence-electron chi connectivity index (χ3n) is 4.34. The van der Waals surface area contributed by atoms with Gasteiger partial charge >= 0.3 is 6.03 Å². The molecule has 1 N–H and O–H groups in total. The molecule has 1 fully saturated rings. The number of ether oxygens (including phenoxy) is 1. The molecule has 0 radical (unpaired) electrons. The quantitative estimate of drug-likeness (QED) is 0.863. The first-order chi connectivity index (χ1) is 12.0. The molecule has 0 bridgehead atoms. The maximum absolute atomic E-state index is 12.8. The Hall–Kier alpha value is -1.63. The van der Waals surface area contributed by atoms with E-state index in [2.05, 4.69) is 10.3 Å². The molecule has 134 valence electrons. The zero-order chi connectivity index (χ0) is 18.0. The van der Waals surface area contributed by atoms with Crippen LogP contribution < -0.4 is 5.32 Å². The summed E-state index contributed by atoms with van der Waals surface area (Å²) < 4.78 is 5.91. The van der Waals surface area contributed by atoms with Gasteiger partial charge in [0.25, 0.3) is 0 Å². The van der Waals surface area contributed by atoms with E-state index in [1.807, 2.05) is 55.3 Å². The summed E-state index contributed by atoms with van der Waals surface area (Å²) in [6.45, 7) is 6.97. The lowest BCUT2D eigenvalue weighted by Gasteiger charge is -2.39. The summed E-state index contributed by atoms with van der Waals surface area (Å²) in [6.07, 6.45) is -0.185. The van der Waals surface area contributed by atoms with Gasteiger partial charge in [-0.2, -0.15) is 0 Å². The Bertz CT molecular complexity index is 751. The molecular weight excluding hydrogens is 358 g/mol. The molecule has 0 aliphatic carbocycles. The Morgan fingerprint density at radius 3 is 3.00 bits per heavy atom. The van der Waals surface area contributed by atoms with E-state index in [0.29, 0.717) is 18.2 Å². The largest absolute Gasteiger partial charge is 0.370 e. The fourth-order valence-electron chi connectivity index (χ4n) is 3.03. The van der Waals surface area contributed by atoms with E-state index in [1.165, 1.54) is 0 Å². The van der Waals surface area contributed by atoms with Gasteiger partial charge in [-0.3, -0.25) is 0 Å². The van der Waals surface area contributed by atoms with Crippen molar-refractivity contribution in [3.05, 3.63) is 50.9 Å². The third-order valence-corrected chi connectivity index (χ3v) is 5.73. The molecule has 7 heteroatoms. The molecule has 1 aromatic heterocycles. The first kappa shape index (κ1) is 18.2. The van der Waals surface area contributed by atoms with Crippen molar-refractivity contribution in [2.24, 2.45) is 0 Å². The maximum Gasteiger partial charge on any atom is 0.318 e. The minimum Gasteiger partial charge on any atom is -0.370 e. The highest BCUT2D eigenvalue weighted by atomic mass is 35.5. The molecule has 25 heavy (non-hydrogen) atoms. The second-order valence-corrected chi connectivity index (χ2v) is 7.60. The van der Waals surface area contributed by atoms with Crippen molar-refractivity contribution < 1.29 is 9.53 Å². The molecule has 2 heterocycles. The Morgan fingerprint density at radius 1 is 1.52 bits per heavy atom. The molecule has 3 rings (SSSR count). The van der Waals surface area contributed by atoms with Gasteiger partial charge in [-0.05, 0) is 38.5 Å². The van der Waals surface area contributed by atoms with Crippen LogP contribution in [0.4, 0.5) is 4.79 Å². The van der Waals surface area contributed by atoms with Crippen LogP contribution in [0.25, 0.3) is 0 Å². The summed E-state index contributed by atoms with van der Waals surface area (Å²) in [4.78, 5) is 19.0. The summed E-state index contributed by atoms with van der Waals surface area (Å²) in [7, 11) is 0. The molecule has 2 amide bonds. The minimum atomic E-state index is -0.185. The lowest BCUT2D eigenvalue weighted by Crippen LogP contribution is -2.52. The van der Waals surface area contributed by atoms with Crippen LogP contribution in [0, 0.1) is 6.92 Å². The highest BCUT2D eigenvalue weighted by Gasteiger charge is 2.33. The van der Waals surface area contributed by atoms with Crippen LogP contribution in [0.3, 0.4) is 0 Å². The van der Waals surface area contributed by atoms with Crippen LogP contribution in [0.1, 0.15) is 42.3 Å². The molecule has 1 unspecified atom stereocenters. The summed E-state index contributed by atoms with van der Waals surface area (Å²) in [5.41, 5.74) is 1.96. The number of halogens is 1. The number of nitrogens with one attached hydrogen (secondary N) is 1. The molecule has 3 atom stereocenters. The number of aromatic nitrogens is 1. The third kappa shape index (κ3) is 4.14. The van der Waals surface area contributed by atoms with Gasteiger partial charge < -0.3 is 15.0 Å². The lowest BCUT2D eigenvalue weighted by molar-refractivity contribution is -0.0500. The normalized spacial score (nSPS) is 21.8. The molecule has 1 saturated heterocycles. The van der Waals surface area contributed by atoms with Gasteiger partial charge in [0, 0.05) is 22.6 Å². The van der Waals surface area contributed by atoms with E-state index >= 15 is 0 Å². The molecule has 2 aromatic rings. The van der Waals surface area contributed by atoms with E-state index in [1.54, 1.807) is 11.3 Å². The van der Waals surface area contributed by atoms with Crippen molar-refractivity contribution in [2.75, 3.05) is 13.2 Å². The van der Waals surface area contributed by atoms with Crippen molar-refractivity contribution in [2.45, 2.75) is 39.0 Å². The minimum absolute atomic E-state index is 0.0857. The van der Waals surface area contributed by atoms with Crippen molar-refractivity contribution in [3.63, 3.8) is 0 Å². The van der Waals surface area contributed by atoms with E-state index in [9.17, 15) is 4.79 Å². The zero-order valence-corrected chi connectivity index (χ0v) is 16.1. The highest BCUT2D eigenvalue weighted by molar-refractivity contribution is 7.09. The molecule has 1 aliphatic rings. The summed E-state index contributed by atoms with van der Waals surface area (Å²) in [5, 5.41) is 6.62. The number of benzene rings is 1. The Morgan fingerprint density at radius 2 is 2.32 bits per heavy atom. The number of morpholine rings is 1. The van der Waals surface area contributed by atoms with Crippen LogP contribution in [0.15, 0.2) is 29.6 Å². The predicted octanol–water partition coefficient (Wildman–Crippen LogP) is 4.34. The number of thiazole rings is 1. The number of rotatable bonds is 3. The molecule has 1 aliphatic heterocycles. The van der Waals surface area contributed by atoms with Crippen molar-refractivity contribution in [1.29, 1.82) is 0 Å². The van der Waals surface area contributed by atoms with Crippen molar-refractivity contribution in [1.82, 2.24) is 15.2 Å². The van der Waals surface area contributed by atoms with Crippen molar-refractivity contribution >= 4 is 29.0 Å². The van der Waals surface area contributed by atoms with E-state index < -0.39 is 0 Å². The van der Waals surface area contributed by atoms with Crippen LogP contribution >= 0.6 is 22.9 Å². The fraction of sp³-hybridized carbons (Fsp3) is 0.444. The van der Waals surface area contributed by atoms with Crippen LogP contribution in [0.5, 0.6) is 0 Å². The molecule has 0 spiro atoms. The summed E-state index contributed by atoms with van der Waals surface area (Å²) >= 11 is 7.66. The smallest absolute Gasteiger partial charge is 0.318 e. The number of aryl methyl sites for hydroxylation is 1. The molecule has 0 saturated carbocycles. The summed E-state index contributed by atoms with van der Waals surface area (Å²) in [5.74, 6) is 0. The number of urea groups is 1. The number of carbonyl (C=O) groups is 1. The van der Waals surface area contributed by atoms with Crippen LogP contribution in [-0.2, 0) is 4.74 Å². The predicted molar refractivity (Wildman–Crippen MR) is 100 cm³/mol. The number of amides is 2. The first-order valence-electron chi connectivity index (χ1n) is 8.32. The van der Waals surface area contributed by atoms with E-state index in [4.69, 9.17) is 16.3 Å². The number of hydrogen-bond acceptors (Lipinski definition) is 4. The van der Waals surface area contributed by atoms with Gasteiger partial charge in [-0.1, -0.05) is 23.7 Å². The monoisotopic (exact) mass is 379 g/mol. The van der Waals surface area contributed by atoms with Gasteiger partial charge in [0.05, 0.1) is 18.7 Å². The van der Waals surface area contributed by atoms with E-state index in [0.717, 1.165) is 16.3 Å². The highest BCUT2D eigenvalue weighted by Crippen LogP contribution is 2.30. The topological polar surface area (TPSA) is 54.5 Å². The average molecular weight is 380 g/mol. The number of carbonyl (C=O) groups excluding carboxylic acids is 1. The summed E-state index contributed by atoms with van der Waals surface area (Å²) in [6, 6.07) is 7.31. The molecule has 1 aromatic carbocycles.